The Morgan fingerprint density at radius 3 is 3.00 bits per heavy atom. The van der Waals surface area contributed by atoms with Crippen molar-refractivity contribution in [1.82, 2.24) is 4.90 Å². The number of piperidine rings is 2. The summed E-state index contributed by atoms with van der Waals surface area (Å²) in [4.78, 5) is 19.7. The molecule has 1 amide bonds. The Labute approximate surface area is 147 Å². The lowest BCUT2D eigenvalue weighted by molar-refractivity contribution is -0.153. The molecule has 1 aromatic rings. The van der Waals surface area contributed by atoms with Crippen molar-refractivity contribution in [3.05, 3.63) is 23.8 Å². The van der Waals surface area contributed by atoms with Gasteiger partial charge < -0.3 is 14.7 Å². The predicted molar refractivity (Wildman–Crippen MR) is 94.1 cm³/mol. The summed E-state index contributed by atoms with van der Waals surface area (Å²) < 4.78 is 5.36. The molecule has 132 valence electrons. The number of amides is 1. The van der Waals surface area contributed by atoms with Gasteiger partial charge in [-0.2, -0.15) is 0 Å². The van der Waals surface area contributed by atoms with Crippen molar-refractivity contribution >= 4 is 17.3 Å². The third-order valence-corrected chi connectivity index (χ3v) is 6.92. The molecule has 1 N–H and O–H groups in total. The zero-order valence-electron chi connectivity index (χ0n) is 14.7. The predicted octanol–water partition coefficient (Wildman–Crippen LogP) is 2.64. The van der Waals surface area contributed by atoms with Crippen molar-refractivity contribution in [2.45, 2.75) is 44.2 Å². The molecule has 1 saturated carbocycles. The summed E-state index contributed by atoms with van der Waals surface area (Å²) in [7, 11) is 1.64. The molecule has 5 heteroatoms. The van der Waals surface area contributed by atoms with Gasteiger partial charge in [-0.1, -0.05) is 13.3 Å². The Kier molecular flexibility index (Phi) is 3.12. The van der Waals surface area contributed by atoms with Gasteiger partial charge in [-0.25, -0.2) is 0 Å². The number of methoxy groups -OCH3 is 1. The van der Waals surface area contributed by atoms with Crippen LogP contribution in [0.2, 0.25) is 0 Å². The molecule has 1 aromatic carbocycles. The molecule has 5 atom stereocenters. The molecule has 4 aliphatic heterocycles. The van der Waals surface area contributed by atoms with Gasteiger partial charge in [-0.3, -0.25) is 9.79 Å². The van der Waals surface area contributed by atoms with Crippen LogP contribution in [-0.2, 0) is 10.4 Å². The first kappa shape index (κ1) is 15.4. The number of benzene rings is 1. The SMILES string of the molecule is CC[C@H]1CC2C[C@H]3C4=Nc5ccc(OC)cc5[C@@]4(O)CCN(C2=O)C13. The maximum absolute atomic E-state index is 12.8. The summed E-state index contributed by atoms with van der Waals surface area (Å²) in [6.45, 7) is 2.82. The molecule has 25 heavy (non-hydrogen) atoms. The molecule has 2 unspecified atom stereocenters. The fourth-order valence-electron chi connectivity index (χ4n) is 5.74. The highest BCUT2D eigenvalue weighted by Crippen LogP contribution is 2.54. The number of aliphatic imine (C=N–C) groups is 1. The summed E-state index contributed by atoms with van der Waals surface area (Å²) in [6.07, 6.45) is 3.43. The number of aliphatic hydroxyl groups is 1. The highest BCUT2D eigenvalue weighted by molar-refractivity contribution is 6.04. The third kappa shape index (κ3) is 1.87. The van der Waals surface area contributed by atoms with E-state index in [1.54, 1.807) is 7.11 Å². The van der Waals surface area contributed by atoms with Crippen LogP contribution >= 0.6 is 0 Å². The molecule has 0 spiro atoms. The zero-order valence-corrected chi connectivity index (χ0v) is 14.7. The van der Waals surface area contributed by atoms with E-state index in [2.05, 4.69) is 11.8 Å². The van der Waals surface area contributed by atoms with E-state index in [-0.39, 0.29) is 17.9 Å². The van der Waals surface area contributed by atoms with Gasteiger partial charge in [0.15, 0.2) is 0 Å². The van der Waals surface area contributed by atoms with E-state index in [9.17, 15) is 9.90 Å². The molecule has 4 fully saturated rings. The number of carbonyl (C=O) groups excluding carboxylic acids is 1. The molecule has 0 radical (unpaired) electrons. The van der Waals surface area contributed by atoms with E-state index in [1.807, 2.05) is 18.2 Å². The van der Waals surface area contributed by atoms with Crippen LogP contribution in [0.1, 0.15) is 38.2 Å². The van der Waals surface area contributed by atoms with Gasteiger partial charge in [-0.15, -0.1) is 0 Å². The van der Waals surface area contributed by atoms with E-state index < -0.39 is 5.60 Å². The Morgan fingerprint density at radius 1 is 1.40 bits per heavy atom. The summed E-state index contributed by atoms with van der Waals surface area (Å²) >= 11 is 0. The number of nitrogens with zero attached hydrogens (tertiary/aromatic N) is 2. The van der Waals surface area contributed by atoms with Gasteiger partial charge in [0.25, 0.3) is 0 Å². The molecule has 5 nitrogen and oxygen atoms in total. The molecule has 6 rings (SSSR count). The van der Waals surface area contributed by atoms with Gasteiger partial charge in [0.1, 0.15) is 11.4 Å². The smallest absolute Gasteiger partial charge is 0.225 e. The summed E-state index contributed by atoms with van der Waals surface area (Å²) in [5, 5.41) is 11.7. The lowest BCUT2D eigenvalue weighted by atomic mass is 9.63. The topological polar surface area (TPSA) is 62.1 Å². The fourth-order valence-corrected chi connectivity index (χ4v) is 5.74. The van der Waals surface area contributed by atoms with Crippen LogP contribution in [0.25, 0.3) is 0 Å². The number of hydrogen-bond donors (Lipinski definition) is 1. The van der Waals surface area contributed by atoms with E-state index in [0.29, 0.717) is 24.8 Å². The highest BCUT2D eigenvalue weighted by Gasteiger charge is 2.59. The molecule has 4 bridgehead atoms. The molecule has 1 aliphatic carbocycles. The van der Waals surface area contributed by atoms with Crippen molar-refractivity contribution in [1.29, 1.82) is 0 Å². The quantitative estimate of drug-likeness (QED) is 0.900. The molecular weight excluding hydrogens is 316 g/mol. The average Bonchev–Trinajstić information content (AvgIpc) is 2.87. The van der Waals surface area contributed by atoms with Crippen molar-refractivity contribution in [3.63, 3.8) is 0 Å². The zero-order chi connectivity index (χ0) is 17.3. The first-order valence-electron chi connectivity index (χ1n) is 9.37. The monoisotopic (exact) mass is 340 g/mol. The minimum absolute atomic E-state index is 0.100. The molecule has 5 aliphatic rings. The Bertz CT molecular complexity index is 789. The van der Waals surface area contributed by atoms with Crippen LogP contribution in [0, 0.1) is 17.8 Å². The van der Waals surface area contributed by atoms with E-state index in [0.717, 1.165) is 42.0 Å². The third-order valence-electron chi connectivity index (χ3n) is 6.92. The Hall–Kier alpha value is -1.88. The van der Waals surface area contributed by atoms with E-state index in [4.69, 9.17) is 9.73 Å². The second-order valence-corrected chi connectivity index (χ2v) is 7.96. The van der Waals surface area contributed by atoms with Crippen molar-refractivity contribution in [2.24, 2.45) is 22.7 Å². The van der Waals surface area contributed by atoms with Crippen LogP contribution in [-0.4, -0.2) is 41.3 Å². The minimum Gasteiger partial charge on any atom is -0.497 e. The first-order chi connectivity index (χ1) is 12.1. The normalized spacial score (nSPS) is 38.1. The Morgan fingerprint density at radius 2 is 2.24 bits per heavy atom. The number of ether oxygens (including phenoxy) is 1. The van der Waals surface area contributed by atoms with Crippen molar-refractivity contribution in [3.8, 4) is 5.75 Å². The maximum Gasteiger partial charge on any atom is 0.225 e. The molecule has 0 aromatic heterocycles. The van der Waals surface area contributed by atoms with Gasteiger partial charge in [0.2, 0.25) is 5.91 Å². The molecular formula is C20H24N2O3. The second-order valence-electron chi connectivity index (χ2n) is 7.96. The average molecular weight is 340 g/mol. The minimum atomic E-state index is -1.06. The van der Waals surface area contributed by atoms with Crippen LogP contribution in [0.4, 0.5) is 5.69 Å². The van der Waals surface area contributed by atoms with Crippen molar-refractivity contribution in [2.75, 3.05) is 13.7 Å². The van der Waals surface area contributed by atoms with Crippen LogP contribution in [0.3, 0.4) is 0 Å². The number of hydrogen-bond acceptors (Lipinski definition) is 4. The summed E-state index contributed by atoms with van der Waals surface area (Å²) in [5.74, 6) is 1.82. The molecule has 3 saturated heterocycles. The van der Waals surface area contributed by atoms with E-state index in [1.165, 1.54) is 0 Å². The largest absolute Gasteiger partial charge is 0.497 e. The fraction of sp³-hybridized carbons (Fsp3) is 0.600. The van der Waals surface area contributed by atoms with Gasteiger partial charge in [0, 0.05) is 36.4 Å². The number of rotatable bonds is 2. The standard InChI is InChI=1S/C20H24N2O3/c1-3-11-8-12-9-14-17(11)22(19(12)23)7-6-20(24)15-10-13(25-2)4-5-16(15)21-18(14)20/h4-5,10-12,14,17,24H,3,6-9H2,1-2H3/t11-,12?,14+,17?,20-/m0/s1. The number of carbonyl (C=O) groups is 1. The van der Waals surface area contributed by atoms with E-state index >= 15 is 0 Å². The van der Waals surface area contributed by atoms with Gasteiger partial charge in [0.05, 0.1) is 18.5 Å². The first-order valence-corrected chi connectivity index (χ1v) is 9.37. The Balaban J connectivity index is 1.64. The van der Waals surface area contributed by atoms with Crippen LogP contribution < -0.4 is 4.74 Å². The molecule has 4 heterocycles. The van der Waals surface area contributed by atoms with Gasteiger partial charge >= 0.3 is 0 Å². The second kappa shape index (κ2) is 5.07. The lowest BCUT2D eigenvalue weighted by Crippen LogP contribution is -2.61. The number of fused-ring (bicyclic) bond motifs is 4. The highest BCUT2D eigenvalue weighted by atomic mass is 16.5. The van der Waals surface area contributed by atoms with Crippen LogP contribution in [0.5, 0.6) is 5.75 Å². The van der Waals surface area contributed by atoms with Gasteiger partial charge in [-0.05, 0) is 37.0 Å². The summed E-state index contributed by atoms with van der Waals surface area (Å²) in [6, 6.07) is 5.95. The lowest BCUT2D eigenvalue weighted by Gasteiger charge is -2.52. The maximum atomic E-state index is 12.8. The summed E-state index contributed by atoms with van der Waals surface area (Å²) in [5.41, 5.74) is 1.52. The van der Waals surface area contributed by atoms with Crippen molar-refractivity contribution < 1.29 is 14.6 Å². The van der Waals surface area contributed by atoms with Crippen LogP contribution in [0.15, 0.2) is 23.2 Å².